The number of nitrogens with zero attached hydrogens (tertiary/aromatic N) is 3. The lowest BCUT2D eigenvalue weighted by Crippen LogP contribution is -2.59. The van der Waals surface area contributed by atoms with Gasteiger partial charge < -0.3 is 14.7 Å². The smallest absolute Gasteiger partial charge is 0.229 e. The number of hydrogen-bond donors (Lipinski definition) is 1. The molecule has 8 nitrogen and oxygen atoms in total. The largest absolute Gasteiger partial charge is 0.396 e. The second kappa shape index (κ2) is 14.4. The fourth-order valence-corrected chi connectivity index (χ4v) is 9.03. The maximum Gasteiger partial charge on any atom is 0.229 e. The summed E-state index contributed by atoms with van der Waals surface area (Å²) in [6, 6.07) is 14.7. The van der Waals surface area contributed by atoms with Gasteiger partial charge in [0.15, 0.2) is 0 Å². The van der Waals surface area contributed by atoms with E-state index in [2.05, 4.69) is 11.0 Å². The van der Waals surface area contributed by atoms with Crippen LogP contribution in [0.5, 0.6) is 0 Å². The number of hydrogen-bond acceptors (Lipinski definition) is 6. The molecule has 2 aromatic rings. The van der Waals surface area contributed by atoms with Crippen LogP contribution in [-0.2, 0) is 19.6 Å². The fraction of sp³-hybridized carbons (Fsp3) is 0.606. The number of aliphatic hydroxyl groups is 1. The second-order valence-corrected chi connectivity index (χ2v) is 15.8. The van der Waals surface area contributed by atoms with E-state index in [0.717, 1.165) is 24.2 Å². The standard InChI is InChI=1S/C33H45Cl2N3O5S/c1-3-28(23-36(2)44(41,42)29-11-12-29)38-31(24-7-9-26(34)10-8-24)30(25-5-4-6-27(35)21-25)22-33(14-18-39,32(38)40)13-15-37-16-19-43-20-17-37/h4-10,21,28-31,39H,3,11-20,22-23H2,1-2H3/t28-,30+,31+,33-/m0/s1. The second-order valence-electron chi connectivity index (χ2n) is 12.6. The Hall–Kier alpha value is -1.72. The van der Waals surface area contributed by atoms with Crippen molar-refractivity contribution in [1.82, 2.24) is 14.1 Å². The average molecular weight is 667 g/mol. The maximum atomic E-state index is 15.1. The monoisotopic (exact) mass is 665 g/mol. The first-order valence-corrected chi connectivity index (χ1v) is 18.1. The van der Waals surface area contributed by atoms with Gasteiger partial charge in [0.2, 0.25) is 15.9 Å². The first-order valence-electron chi connectivity index (χ1n) is 15.8. The van der Waals surface area contributed by atoms with Crippen molar-refractivity contribution in [2.45, 2.75) is 68.7 Å². The quantitative estimate of drug-likeness (QED) is 0.311. The Balaban J connectivity index is 1.62. The van der Waals surface area contributed by atoms with Gasteiger partial charge in [-0.1, -0.05) is 54.4 Å². The first-order chi connectivity index (χ1) is 21.1. The fourth-order valence-electron chi connectivity index (χ4n) is 7.09. The Labute approximate surface area is 272 Å². The third kappa shape index (κ3) is 7.30. The molecule has 2 heterocycles. The Morgan fingerprint density at radius 1 is 1.05 bits per heavy atom. The van der Waals surface area contributed by atoms with E-state index in [1.807, 2.05) is 54.3 Å². The molecule has 1 saturated carbocycles. The Morgan fingerprint density at radius 3 is 2.36 bits per heavy atom. The van der Waals surface area contributed by atoms with Gasteiger partial charge in [-0.15, -0.1) is 0 Å². The minimum Gasteiger partial charge on any atom is -0.396 e. The van der Waals surface area contributed by atoms with Crippen molar-refractivity contribution in [1.29, 1.82) is 0 Å². The van der Waals surface area contributed by atoms with Gasteiger partial charge in [-0.05, 0) is 80.5 Å². The lowest BCUT2D eigenvalue weighted by molar-refractivity contribution is -0.159. The van der Waals surface area contributed by atoms with Gasteiger partial charge in [0.25, 0.3) is 0 Å². The van der Waals surface area contributed by atoms with Crippen LogP contribution in [0.3, 0.4) is 0 Å². The molecule has 0 bridgehead atoms. The number of ether oxygens (including phenoxy) is 1. The minimum atomic E-state index is -3.45. The zero-order valence-corrected chi connectivity index (χ0v) is 28.0. The normalized spacial score (nSPS) is 25.9. The number of amides is 1. The number of aliphatic hydroxyl groups excluding tert-OH is 1. The molecule has 1 N–H and O–H groups in total. The van der Waals surface area contributed by atoms with Crippen LogP contribution in [0.4, 0.5) is 0 Å². The molecular weight excluding hydrogens is 621 g/mol. The molecule has 2 aliphatic heterocycles. The number of rotatable bonds is 13. The summed E-state index contributed by atoms with van der Waals surface area (Å²) >= 11 is 12.9. The highest BCUT2D eigenvalue weighted by molar-refractivity contribution is 7.90. The van der Waals surface area contributed by atoms with Gasteiger partial charge in [-0.2, -0.15) is 0 Å². The Kier molecular flexibility index (Phi) is 11.0. The SMILES string of the molecule is CC[C@@H](CN(C)S(=O)(=O)C1CC1)N1C(=O)[C@](CCO)(CCN2CCOCC2)C[C@H](c2cccc(Cl)c2)[C@H]1c1ccc(Cl)cc1. The minimum absolute atomic E-state index is 0.0258. The van der Waals surface area contributed by atoms with Gasteiger partial charge in [0.1, 0.15) is 0 Å². The summed E-state index contributed by atoms with van der Waals surface area (Å²) in [5.74, 6) is -0.176. The van der Waals surface area contributed by atoms with Crippen molar-refractivity contribution in [3.63, 3.8) is 0 Å². The van der Waals surface area contributed by atoms with E-state index < -0.39 is 15.4 Å². The summed E-state index contributed by atoms with van der Waals surface area (Å²) in [4.78, 5) is 19.4. The molecule has 0 spiro atoms. The van der Waals surface area contributed by atoms with Crippen LogP contribution in [0.15, 0.2) is 48.5 Å². The molecule has 3 fully saturated rings. The predicted molar refractivity (Wildman–Crippen MR) is 175 cm³/mol. The van der Waals surface area contributed by atoms with Crippen LogP contribution < -0.4 is 0 Å². The van der Waals surface area contributed by atoms with Gasteiger partial charge in [0, 0.05) is 55.3 Å². The molecule has 0 unspecified atom stereocenters. The molecule has 242 valence electrons. The number of carbonyl (C=O) groups excluding carboxylic acids is 1. The number of likely N-dealkylation sites (N-methyl/N-ethyl adjacent to an activating group) is 1. The van der Waals surface area contributed by atoms with Crippen molar-refractivity contribution in [3.8, 4) is 0 Å². The van der Waals surface area contributed by atoms with E-state index >= 15 is 4.79 Å². The topological polar surface area (TPSA) is 90.4 Å². The summed E-state index contributed by atoms with van der Waals surface area (Å²) in [7, 11) is -1.81. The summed E-state index contributed by atoms with van der Waals surface area (Å²) in [6.45, 7) is 5.74. The highest BCUT2D eigenvalue weighted by atomic mass is 35.5. The van der Waals surface area contributed by atoms with E-state index in [1.165, 1.54) is 4.31 Å². The van der Waals surface area contributed by atoms with E-state index in [-0.39, 0.29) is 42.3 Å². The molecule has 44 heavy (non-hydrogen) atoms. The Bertz CT molecular complexity index is 1380. The summed E-state index contributed by atoms with van der Waals surface area (Å²) in [6.07, 6.45) is 3.37. The number of carbonyl (C=O) groups is 1. The van der Waals surface area contributed by atoms with E-state index in [9.17, 15) is 13.5 Å². The molecule has 1 amide bonds. The van der Waals surface area contributed by atoms with Crippen molar-refractivity contribution < 1.29 is 23.1 Å². The molecule has 11 heteroatoms. The number of likely N-dealkylation sites (tertiary alicyclic amines) is 1. The van der Waals surface area contributed by atoms with Gasteiger partial charge in [-0.25, -0.2) is 12.7 Å². The number of morpholine rings is 1. The Morgan fingerprint density at radius 2 is 1.75 bits per heavy atom. The number of halogens is 2. The summed E-state index contributed by atoms with van der Waals surface area (Å²) in [5.41, 5.74) is 1.10. The highest BCUT2D eigenvalue weighted by Gasteiger charge is 2.54. The van der Waals surface area contributed by atoms with Crippen LogP contribution in [0, 0.1) is 5.41 Å². The number of benzene rings is 2. The summed E-state index contributed by atoms with van der Waals surface area (Å²) < 4.78 is 33.6. The van der Waals surface area contributed by atoms with Gasteiger partial charge >= 0.3 is 0 Å². The van der Waals surface area contributed by atoms with E-state index in [1.54, 1.807) is 7.05 Å². The molecule has 4 atom stereocenters. The molecule has 0 radical (unpaired) electrons. The molecule has 1 aliphatic carbocycles. The van der Waals surface area contributed by atoms with Crippen LogP contribution in [0.2, 0.25) is 10.0 Å². The molecular formula is C33H45Cl2N3O5S. The molecule has 2 aromatic carbocycles. The van der Waals surface area contributed by atoms with E-state index in [0.29, 0.717) is 68.3 Å². The van der Waals surface area contributed by atoms with Crippen LogP contribution in [0.1, 0.15) is 68.5 Å². The zero-order valence-electron chi connectivity index (χ0n) is 25.7. The molecule has 3 aliphatic rings. The van der Waals surface area contributed by atoms with Crippen LogP contribution in [-0.4, -0.2) is 97.9 Å². The lowest BCUT2D eigenvalue weighted by atomic mass is 9.64. The third-order valence-corrected chi connectivity index (χ3v) is 12.6. The lowest BCUT2D eigenvalue weighted by Gasteiger charge is -2.54. The van der Waals surface area contributed by atoms with Gasteiger partial charge in [-0.3, -0.25) is 9.69 Å². The predicted octanol–water partition coefficient (Wildman–Crippen LogP) is 5.34. The van der Waals surface area contributed by atoms with Crippen molar-refractivity contribution in [2.24, 2.45) is 5.41 Å². The van der Waals surface area contributed by atoms with Crippen molar-refractivity contribution in [2.75, 3.05) is 53.0 Å². The van der Waals surface area contributed by atoms with Crippen LogP contribution >= 0.6 is 23.2 Å². The van der Waals surface area contributed by atoms with E-state index in [4.69, 9.17) is 27.9 Å². The number of sulfonamides is 1. The zero-order chi connectivity index (χ0) is 31.5. The number of piperidine rings is 1. The molecule has 5 rings (SSSR count). The molecule has 0 aromatic heterocycles. The third-order valence-electron chi connectivity index (χ3n) is 9.78. The summed E-state index contributed by atoms with van der Waals surface area (Å²) in [5, 5.41) is 11.3. The maximum absolute atomic E-state index is 15.1. The van der Waals surface area contributed by atoms with Crippen molar-refractivity contribution >= 4 is 39.1 Å². The van der Waals surface area contributed by atoms with Crippen molar-refractivity contribution in [3.05, 3.63) is 69.7 Å². The van der Waals surface area contributed by atoms with Crippen LogP contribution in [0.25, 0.3) is 0 Å². The highest BCUT2D eigenvalue weighted by Crippen LogP contribution is 2.54. The van der Waals surface area contributed by atoms with Gasteiger partial charge in [0.05, 0.1) is 29.9 Å². The first kappa shape index (κ1) is 33.6. The average Bonchev–Trinajstić information content (AvgIpc) is 3.88. The molecule has 2 saturated heterocycles.